The summed E-state index contributed by atoms with van der Waals surface area (Å²) in [4.78, 5) is 0. The van der Waals surface area contributed by atoms with Crippen LogP contribution in [0.4, 0.5) is 4.39 Å². The Bertz CT molecular complexity index is 857. The van der Waals surface area contributed by atoms with E-state index in [1.165, 1.54) is 0 Å². The Morgan fingerprint density at radius 3 is 2.38 bits per heavy atom. The maximum atomic E-state index is 14.8. The monoisotopic (exact) mass is 280 g/mol. The lowest BCUT2D eigenvalue weighted by Crippen LogP contribution is -2.18. The molecular weight excluding hydrogens is 267 g/mol. The molecule has 4 rings (SSSR count). The van der Waals surface area contributed by atoms with Crippen molar-refractivity contribution in [2.45, 2.75) is 12.2 Å². The third kappa shape index (κ3) is 1.65. The molecule has 0 bridgehead atoms. The number of halogens is 1. The maximum Gasteiger partial charge on any atom is 0.137 e. The van der Waals surface area contributed by atoms with E-state index in [1.54, 1.807) is 24.3 Å². The highest BCUT2D eigenvalue weighted by Gasteiger charge is 2.34. The zero-order chi connectivity index (χ0) is 14.6. The van der Waals surface area contributed by atoms with E-state index in [0.29, 0.717) is 16.5 Å². The van der Waals surface area contributed by atoms with E-state index in [-0.39, 0.29) is 5.56 Å². The van der Waals surface area contributed by atoms with Gasteiger partial charge in [-0.1, -0.05) is 48.5 Å². The summed E-state index contributed by atoms with van der Waals surface area (Å²) in [6, 6.07) is 16.3. The van der Waals surface area contributed by atoms with E-state index in [2.05, 4.69) is 0 Å². The third-order valence-electron chi connectivity index (χ3n) is 4.19. The lowest BCUT2D eigenvalue weighted by molar-refractivity contribution is 0.0138. The summed E-state index contributed by atoms with van der Waals surface area (Å²) in [7, 11) is 0. The summed E-state index contributed by atoms with van der Waals surface area (Å²) >= 11 is 0. The van der Waals surface area contributed by atoms with Crippen molar-refractivity contribution in [3.8, 4) is 11.1 Å². The number of benzene rings is 3. The summed E-state index contributed by atoms with van der Waals surface area (Å²) in [6.07, 6.45) is -2.36. The lowest BCUT2D eigenvalue weighted by atomic mass is 9.80. The Balaban J connectivity index is 2.15. The highest BCUT2D eigenvalue weighted by Crippen LogP contribution is 2.46. The summed E-state index contributed by atoms with van der Waals surface area (Å²) in [6.45, 7) is 0. The second kappa shape index (κ2) is 4.38. The molecule has 0 fully saturated rings. The molecule has 3 aromatic carbocycles. The van der Waals surface area contributed by atoms with Gasteiger partial charge in [0.15, 0.2) is 0 Å². The Morgan fingerprint density at radius 2 is 1.52 bits per heavy atom. The standard InChI is InChI=1S/C18H13FO2/c19-16-11-6-2-1-5-10(11)9-14-12-7-3-4-8-13(12)17(20)18(21)15(14)16/h1-9,17-18,20-21H. The molecule has 0 saturated carbocycles. The molecular formula is C18H13FO2. The fourth-order valence-electron chi connectivity index (χ4n) is 3.16. The van der Waals surface area contributed by atoms with Gasteiger partial charge in [0.25, 0.3) is 0 Å². The largest absolute Gasteiger partial charge is 0.385 e. The van der Waals surface area contributed by atoms with E-state index < -0.39 is 18.0 Å². The zero-order valence-electron chi connectivity index (χ0n) is 11.1. The zero-order valence-corrected chi connectivity index (χ0v) is 11.1. The van der Waals surface area contributed by atoms with Crippen LogP contribution in [0.1, 0.15) is 23.3 Å². The predicted octanol–water partition coefficient (Wildman–Crippen LogP) is 3.73. The summed E-state index contributed by atoms with van der Waals surface area (Å²) in [5.41, 5.74) is 2.24. The summed E-state index contributed by atoms with van der Waals surface area (Å²) in [5.74, 6) is -0.454. The molecule has 0 spiro atoms. The minimum atomic E-state index is -1.25. The van der Waals surface area contributed by atoms with Crippen molar-refractivity contribution in [1.82, 2.24) is 0 Å². The quantitative estimate of drug-likeness (QED) is 0.659. The van der Waals surface area contributed by atoms with Crippen LogP contribution in [-0.4, -0.2) is 10.2 Å². The van der Waals surface area contributed by atoms with Gasteiger partial charge < -0.3 is 10.2 Å². The van der Waals surface area contributed by atoms with Gasteiger partial charge in [-0.05, 0) is 28.1 Å². The van der Waals surface area contributed by atoms with Gasteiger partial charge in [0.2, 0.25) is 0 Å². The Labute approximate surface area is 121 Å². The van der Waals surface area contributed by atoms with Crippen molar-refractivity contribution in [3.05, 3.63) is 71.5 Å². The molecule has 3 heteroatoms. The van der Waals surface area contributed by atoms with Crippen LogP contribution in [0.15, 0.2) is 54.6 Å². The van der Waals surface area contributed by atoms with E-state index in [9.17, 15) is 14.6 Å². The molecule has 1 aliphatic carbocycles. The molecule has 0 aliphatic heterocycles. The van der Waals surface area contributed by atoms with Crippen LogP contribution >= 0.6 is 0 Å². The van der Waals surface area contributed by atoms with E-state index in [1.807, 2.05) is 30.3 Å². The number of hydrogen-bond donors (Lipinski definition) is 2. The normalized spacial score (nSPS) is 20.1. The molecule has 2 nitrogen and oxygen atoms in total. The minimum Gasteiger partial charge on any atom is -0.385 e. The first kappa shape index (κ1) is 12.5. The molecule has 21 heavy (non-hydrogen) atoms. The van der Waals surface area contributed by atoms with Crippen LogP contribution in [0.2, 0.25) is 0 Å². The fourth-order valence-corrected chi connectivity index (χ4v) is 3.16. The molecule has 0 saturated heterocycles. The van der Waals surface area contributed by atoms with Gasteiger partial charge in [0.1, 0.15) is 18.0 Å². The Hall–Kier alpha value is -2.23. The lowest BCUT2D eigenvalue weighted by Gasteiger charge is -2.30. The molecule has 2 unspecified atom stereocenters. The predicted molar refractivity (Wildman–Crippen MR) is 79.3 cm³/mol. The van der Waals surface area contributed by atoms with Gasteiger partial charge in [0, 0.05) is 10.9 Å². The average molecular weight is 280 g/mol. The molecule has 0 aromatic heterocycles. The average Bonchev–Trinajstić information content (AvgIpc) is 2.52. The van der Waals surface area contributed by atoms with E-state index in [0.717, 1.165) is 10.9 Å². The van der Waals surface area contributed by atoms with Crippen LogP contribution in [0, 0.1) is 5.82 Å². The number of hydrogen-bond acceptors (Lipinski definition) is 2. The van der Waals surface area contributed by atoms with Crippen molar-refractivity contribution in [3.63, 3.8) is 0 Å². The topological polar surface area (TPSA) is 40.5 Å². The Morgan fingerprint density at radius 1 is 0.810 bits per heavy atom. The van der Waals surface area contributed by atoms with Gasteiger partial charge in [-0.15, -0.1) is 0 Å². The molecule has 3 aromatic rings. The minimum absolute atomic E-state index is 0.180. The number of fused-ring (bicyclic) bond motifs is 4. The van der Waals surface area contributed by atoms with Crippen molar-refractivity contribution >= 4 is 10.8 Å². The third-order valence-corrected chi connectivity index (χ3v) is 4.19. The van der Waals surface area contributed by atoms with Gasteiger partial charge in [-0.3, -0.25) is 0 Å². The first-order valence-corrected chi connectivity index (χ1v) is 6.85. The molecule has 104 valence electrons. The van der Waals surface area contributed by atoms with Crippen molar-refractivity contribution in [2.24, 2.45) is 0 Å². The number of aliphatic hydroxyl groups is 2. The fraction of sp³-hybridized carbons (Fsp3) is 0.111. The van der Waals surface area contributed by atoms with Crippen LogP contribution in [0.5, 0.6) is 0 Å². The first-order chi connectivity index (χ1) is 10.2. The second-order valence-electron chi connectivity index (χ2n) is 5.35. The molecule has 2 atom stereocenters. The summed E-state index contributed by atoms with van der Waals surface area (Å²) in [5, 5.41) is 21.8. The first-order valence-electron chi connectivity index (χ1n) is 6.85. The number of rotatable bonds is 0. The molecule has 0 amide bonds. The highest BCUT2D eigenvalue weighted by atomic mass is 19.1. The van der Waals surface area contributed by atoms with Gasteiger partial charge >= 0.3 is 0 Å². The Kier molecular flexibility index (Phi) is 2.61. The van der Waals surface area contributed by atoms with Gasteiger partial charge in [-0.2, -0.15) is 0 Å². The molecule has 1 aliphatic rings. The van der Waals surface area contributed by atoms with E-state index >= 15 is 0 Å². The van der Waals surface area contributed by atoms with Crippen molar-refractivity contribution in [2.75, 3.05) is 0 Å². The second-order valence-corrected chi connectivity index (χ2v) is 5.35. The highest BCUT2D eigenvalue weighted by molar-refractivity contribution is 5.91. The smallest absolute Gasteiger partial charge is 0.137 e. The van der Waals surface area contributed by atoms with Crippen LogP contribution in [0.3, 0.4) is 0 Å². The summed E-state index contributed by atoms with van der Waals surface area (Å²) < 4.78 is 14.8. The molecule has 2 N–H and O–H groups in total. The van der Waals surface area contributed by atoms with Gasteiger partial charge in [-0.25, -0.2) is 4.39 Å². The van der Waals surface area contributed by atoms with Crippen molar-refractivity contribution in [1.29, 1.82) is 0 Å². The van der Waals surface area contributed by atoms with Crippen molar-refractivity contribution < 1.29 is 14.6 Å². The van der Waals surface area contributed by atoms with Gasteiger partial charge in [0.05, 0.1) is 0 Å². The van der Waals surface area contributed by atoms with Crippen LogP contribution < -0.4 is 0 Å². The van der Waals surface area contributed by atoms with Crippen LogP contribution in [0.25, 0.3) is 21.9 Å². The van der Waals surface area contributed by atoms with Crippen LogP contribution in [-0.2, 0) is 0 Å². The van der Waals surface area contributed by atoms with E-state index in [4.69, 9.17) is 0 Å². The molecule has 0 heterocycles. The number of aliphatic hydroxyl groups excluding tert-OH is 2. The SMILES string of the molecule is OC1c2ccccc2-c2cc3ccccc3c(F)c2C1O. The molecule has 0 radical (unpaired) electrons. The maximum absolute atomic E-state index is 14.8.